The van der Waals surface area contributed by atoms with E-state index in [1.165, 1.54) is 12.1 Å². The molecular weight excluding hydrogens is 333 g/mol. The number of carbonyl (C=O) groups excluding carboxylic acids is 1. The summed E-state index contributed by atoms with van der Waals surface area (Å²) in [5.41, 5.74) is 7.18. The van der Waals surface area contributed by atoms with Crippen molar-refractivity contribution < 1.29 is 9.18 Å². The molecule has 0 amide bonds. The van der Waals surface area contributed by atoms with Crippen molar-refractivity contribution in [1.29, 1.82) is 0 Å². The standard InChI is InChI=1S/C14H10BrClFNO/c1-7-8(3-2-4-13(7)18)14(19)9-5-11(16)10(15)6-12(9)17/h2-6H,18H2,1H3. The highest BCUT2D eigenvalue weighted by atomic mass is 79.9. The van der Waals surface area contributed by atoms with Crippen LogP contribution in [0, 0.1) is 12.7 Å². The predicted molar refractivity (Wildman–Crippen MR) is 78.1 cm³/mol. The molecule has 0 radical (unpaired) electrons. The molecule has 0 aromatic heterocycles. The quantitative estimate of drug-likeness (QED) is 0.500. The maximum absolute atomic E-state index is 13.9. The summed E-state index contributed by atoms with van der Waals surface area (Å²) in [4.78, 5) is 12.3. The van der Waals surface area contributed by atoms with Crippen molar-refractivity contribution in [2.45, 2.75) is 6.92 Å². The van der Waals surface area contributed by atoms with E-state index in [9.17, 15) is 9.18 Å². The summed E-state index contributed by atoms with van der Waals surface area (Å²) in [5.74, 6) is -1.06. The summed E-state index contributed by atoms with van der Waals surface area (Å²) >= 11 is 9.01. The third kappa shape index (κ3) is 2.65. The van der Waals surface area contributed by atoms with Gasteiger partial charge in [-0.2, -0.15) is 0 Å². The molecule has 0 unspecified atom stereocenters. The van der Waals surface area contributed by atoms with Crippen molar-refractivity contribution in [3.8, 4) is 0 Å². The summed E-state index contributed by atoms with van der Waals surface area (Å²) in [6.07, 6.45) is 0. The first kappa shape index (κ1) is 14.0. The molecule has 0 bridgehead atoms. The molecule has 5 heteroatoms. The molecule has 0 atom stereocenters. The van der Waals surface area contributed by atoms with Gasteiger partial charge in [0.05, 0.1) is 10.6 Å². The molecule has 0 aliphatic carbocycles. The van der Waals surface area contributed by atoms with E-state index in [2.05, 4.69) is 15.9 Å². The van der Waals surface area contributed by atoms with Crippen LogP contribution in [0.25, 0.3) is 0 Å². The van der Waals surface area contributed by atoms with Gasteiger partial charge in [-0.1, -0.05) is 23.7 Å². The number of rotatable bonds is 2. The van der Waals surface area contributed by atoms with E-state index in [1.54, 1.807) is 25.1 Å². The van der Waals surface area contributed by atoms with Gasteiger partial charge in [-0.05, 0) is 46.6 Å². The molecule has 2 rings (SSSR count). The normalized spacial score (nSPS) is 10.5. The largest absolute Gasteiger partial charge is 0.398 e. The lowest BCUT2D eigenvalue weighted by molar-refractivity contribution is 0.103. The number of hydrogen-bond donors (Lipinski definition) is 1. The highest BCUT2D eigenvalue weighted by molar-refractivity contribution is 9.10. The third-order valence-corrected chi connectivity index (χ3v) is 4.07. The zero-order chi connectivity index (χ0) is 14.2. The fourth-order valence-electron chi connectivity index (χ4n) is 1.74. The molecule has 0 saturated carbocycles. The second kappa shape index (κ2) is 5.31. The van der Waals surface area contributed by atoms with E-state index in [-0.39, 0.29) is 10.6 Å². The second-order valence-electron chi connectivity index (χ2n) is 4.10. The van der Waals surface area contributed by atoms with Crippen molar-refractivity contribution in [2.24, 2.45) is 0 Å². The highest BCUT2D eigenvalue weighted by Crippen LogP contribution is 2.28. The van der Waals surface area contributed by atoms with Gasteiger partial charge in [-0.25, -0.2) is 4.39 Å². The van der Waals surface area contributed by atoms with Crippen molar-refractivity contribution in [3.63, 3.8) is 0 Å². The van der Waals surface area contributed by atoms with Gasteiger partial charge in [-0.3, -0.25) is 4.79 Å². The maximum Gasteiger partial charge on any atom is 0.196 e. The minimum atomic E-state index is -0.622. The van der Waals surface area contributed by atoms with E-state index >= 15 is 0 Å². The van der Waals surface area contributed by atoms with E-state index in [0.717, 1.165) is 0 Å². The highest BCUT2D eigenvalue weighted by Gasteiger charge is 2.18. The topological polar surface area (TPSA) is 43.1 Å². The molecule has 0 aliphatic rings. The lowest BCUT2D eigenvalue weighted by atomic mass is 9.98. The average molecular weight is 343 g/mol. The Hall–Kier alpha value is -1.39. The molecule has 0 fully saturated rings. The summed E-state index contributed by atoms with van der Waals surface area (Å²) in [7, 11) is 0. The minimum absolute atomic E-state index is 0.0677. The summed E-state index contributed by atoms with van der Waals surface area (Å²) in [5, 5.41) is 0.284. The number of halogens is 3. The molecule has 2 aromatic carbocycles. The van der Waals surface area contributed by atoms with Crippen LogP contribution in [-0.4, -0.2) is 5.78 Å². The van der Waals surface area contributed by atoms with Crippen LogP contribution in [0.5, 0.6) is 0 Å². The number of anilines is 1. The van der Waals surface area contributed by atoms with Crippen molar-refractivity contribution in [1.82, 2.24) is 0 Å². The molecule has 0 aliphatic heterocycles. The lowest BCUT2D eigenvalue weighted by Gasteiger charge is -2.09. The van der Waals surface area contributed by atoms with Crippen molar-refractivity contribution in [2.75, 3.05) is 5.73 Å². The Bertz CT molecular complexity index is 673. The van der Waals surface area contributed by atoms with Crippen LogP contribution in [-0.2, 0) is 0 Å². The van der Waals surface area contributed by atoms with Crippen LogP contribution >= 0.6 is 27.5 Å². The zero-order valence-electron chi connectivity index (χ0n) is 10.0. The first-order valence-corrected chi connectivity index (χ1v) is 6.63. The molecule has 0 saturated heterocycles. The summed E-state index contributed by atoms with van der Waals surface area (Å²) in [6, 6.07) is 7.46. The average Bonchev–Trinajstić information content (AvgIpc) is 2.36. The number of nitrogen functional groups attached to an aromatic ring is 1. The molecule has 0 heterocycles. The second-order valence-corrected chi connectivity index (χ2v) is 5.36. The Morgan fingerprint density at radius 1 is 1.32 bits per heavy atom. The first-order valence-electron chi connectivity index (χ1n) is 5.46. The molecule has 19 heavy (non-hydrogen) atoms. The third-order valence-electron chi connectivity index (χ3n) is 2.87. The molecule has 2 aromatic rings. The Labute approximate surface area is 123 Å². The van der Waals surface area contributed by atoms with Gasteiger partial charge in [0, 0.05) is 15.7 Å². The summed E-state index contributed by atoms with van der Waals surface area (Å²) < 4.78 is 14.3. The van der Waals surface area contributed by atoms with Crippen LogP contribution in [0.3, 0.4) is 0 Å². The van der Waals surface area contributed by atoms with Crippen LogP contribution in [0.1, 0.15) is 21.5 Å². The maximum atomic E-state index is 13.9. The number of nitrogens with two attached hydrogens (primary N) is 1. The number of carbonyl (C=O) groups is 1. The zero-order valence-corrected chi connectivity index (χ0v) is 12.3. The van der Waals surface area contributed by atoms with Crippen molar-refractivity contribution >= 4 is 39.0 Å². The fraction of sp³-hybridized carbons (Fsp3) is 0.0714. The Morgan fingerprint density at radius 3 is 2.68 bits per heavy atom. The van der Waals surface area contributed by atoms with E-state index < -0.39 is 11.6 Å². The smallest absolute Gasteiger partial charge is 0.196 e. The Morgan fingerprint density at radius 2 is 2.00 bits per heavy atom. The van der Waals surface area contributed by atoms with Gasteiger partial charge in [-0.15, -0.1) is 0 Å². The van der Waals surface area contributed by atoms with E-state index in [1.807, 2.05) is 0 Å². The number of hydrogen-bond acceptors (Lipinski definition) is 2. The van der Waals surface area contributed by atoms with Gasteiger partial charge >= 0.3 is 0 Å². The first-order chi connectivity index (χ1) is 8.91. The van der Waals surface area contributed by atoms with Crippen LogP contribution in [0.4, 0.5) is 10.1 Å². The van der Waals surface area contributed by atoms with Gasteiger partial charge in [0.25, 0.3) is 0 Å². The van der Waals surface area contributed by atoms with Gasteiger partial charge < -0.3 is 5.73 Å². The molecule has 2 nitrogen and oxygen atoms in total. The monoisotopic (exact) mass is 341 g/mol. The van der Waals surface area contributed by atoms with Crippen molar-refractivity contribution in [3.05, 3.63) is 62.3 Å². The number of ketones is 1. The van der Waals surface area contributed by atoms with E-state index in [0.29, 0.717) is 21.3 Å². The molecule has 2 N–H and O–H groups in total. The van der Waals surface area contributed by atoms with Gasteiger partial charge in [0.1, 0.15) is 5.82 Å². The number of benzene rings is 2. The van der Waals surface area contributed by atoms with Gasteiger partial charge in [0.2, 0.25) is 0 Å². The van der Waals surface area contributed by atoms with E-state index in [4.69, 9.17) is 17.3 Å². The molecular formula is C14H10BrClFNO. The molecule has 98 valence electrons. The Kier molecular flexibility index (Phi) is 3.92. The molecule has 0 spiro atoms. The minimum Gasteiger partial charge on any atom is -0.398 e. The van der Waals surface area contributed by atoms with Gasteiger partial charge in [0.15, 0.2) is 5.78 Å². The van der Waals surface area contributed by atoms with Crippen LogP contribution in [0.15, 0.2) is 34.8 Å². The van der Waals surface area contributed by atoms with Crippen LogP contribution in [0.2, 0.25) is 5.02 Å². The predicted octanol–water partition coefficient (Wildman–Crippen LogP) is 4.36. The fourth-order valence-corrected chi connectivity index (χ4v) is 2.22. The van der Waals surface area contributed by atoms with Crippen LogP contribution < -0.4 is 5.73 Å². The SMILES string of the molecule is Cc1c(N)cccc1C(=O)c1cc(Cl)c(Br)cc1F. The Balaban J connectivity index is 2.56. The summed E-state index contributed by atoms with van der Waals surface area (Å²) in [6.45, 7) is 1.72. The lowest BCUT2D eigenvalue weighted by Crippen LogP contribution is -2.08.